The van der Waals surface area contributed by atoms with Gasteiger partial charge in [-0.25, -0.2) is 4.79 Å². The van der Waals surface area contributed by atoms with E-state index in [4.69, 9.17) is 18.9 Å². The summed E-state index contributed by atoms with van der Waals surface area (Å²) in [6.45, 7) is 6.83. The molecule has 0 aromatic rings. The van der Waals surface area contributed by atoms with E-state index >= 15 is 0 Å². The monoisotopic (exact) mass is 312 g/mol. The molecule has 0 aromatic carbocycles. The first-order valence-electron chi connectivity index (χ1n) is 8.37. The Kier molecular flexibility index (Phi) is 6.41. The highest BCUT2D eigenvalue weighted by molar-refractivity contribution is 5.81. The molecule has 1 atom stereocenters. The van der Waals surface area contributed by atoms with Crippen molar-refractivity contribution in [2.24, 2.45) is 0 Å². The van der Waals surface area contributed by atoms with Crippen molar-refractivity contribution in [1.82, 2.24) is 0 Å². The van der Waals surface area contributed by atoms with Gasteiger partial charge in [0.15, 0.2) is 0 Å². The predicted octanol–water partition coefficient (Wildman–Crippen LogP) is 3.67. The van der Waals surface area contributed by atoms with E-state index in [1.165, 1.54) is 25.7 Å². The molecule has 0 bridgehead atoms. The third-order valence-corrected chi connectivity index (χ3v) is 4.19. The molecule has 2 saturated carbocycles. The molecule has 2 aliphatic carbocycles. The van der Waals surface area contributed by atoms with E-state index in [1.54, 1.807) is 13.8 Å². The molecular weight excluding hydrogens is 284 g/mol. The maximum absolute atomic E-state index is 11.3. The summed E-state index contributed by atoms with van der Waals surface area (Å²) < 4.78 is 23.1. The van der Waals surface area contributed by atoms with Crippen molar-refractivity contribution in [3.05, 3.63) is 12.7 Å². The summed E-state index contributed by atoms with van der Waals surface area (Å²) in [4.78, 5) is 11.3. The van der Waals surface area contributed by atoms with Gasteiger partial charge in [-0.05, 0) is 32.6 Å². The number of rotatable bonds is 8. The van der Waals surface area contributed by atoms with Crippen LogP contribution in [0.2, 0.25) is 0 Å². The van der Waals surface area contributed by atoms with Crippen LogP contribution < -0.4 is 0 Å². The van der Waals surface area contributed by atoms with Crippen LogP contribution in [0.4, 0.5) is 0 Å². The van der Waals surface area contributed by atoms with Crippen LogP contribution in [-0.4, -0.2) is 30.4 Å². The molecule has 2 rings (SSSR count). The molecule has 22 heavy (non-hydrogen) atoms. The lowest BCUT2D eigenvalue weighted by atomic mass is 10.3. The minimum atomic E-state index is -1.18. The average molecular weight is 312 g/mol. The van der Waals surface area contributed by atoms with E-state index in [0.717, 1.165) is 31.8 Å². The second-order valence-electron chi connectivity index (χ2n) is 6.24. The topological polar surface area (TPSA) is 54.0 Å². The van der Waals surface area contributed by atoms with Crippen molar-refractivity contribution >= 4 is 5.97 Å². The fraction of sp³-hybridized carbons (Fsp3) is 0.824. The van der Waals surface area contributed by atoms with Gasteiger partial charge in [0.2, 0.25) is 6.29 Å². The highest BCUT2D eigenvalue weighted by Crippen LogP contribution is 2.32. The van der Waals surface area contributed by atoms with Crippen LogP contribution in [0.1, 0.15) is 65.2 Å². The van der Waals surface area contributed by atoms with Crippen molar-refractivity contribution in [3.63, 3.8) is 0 Å². The molecule has 0 spiro atoms. The molecule has 2 aliphatic rings. The number of hydrogen-bond acceptors (Lipinski definition) is 5. The lowest BCUT2D eigenvalue weighted by molar-refractivity contribution is -0.423. The zero-order chi connectivity index (χ0) is 16.0. The van der Waals surface area contributed by atoms with E-state index in [2.05, 4.69) is 6.58 Å². The molecule has 0 amide bonds. The Morgan fingerprint density at radius 1 is 1.09 bits per heavy atom. The maximum Gasteiger partial charge on any atom is 0.332 e. The molecule has 1 unspecified atom stereocenters. The maximum atomic E-state index is 11.3. The molecule has 5 nitrogen and oxygen atoms in total. The smallest absolute Gasteiger partial charge is 0.332 e. The highest BCUT2D eigenvalue weighted by Gasteiger charge is 2.38. The van der Waals surface area contributed by atoms with Crippen LogP contribution in [0.5, 0.6) is 0 Å². The summed E-state index contributed by atoms with van der Waals surface area (Å²) in [7, 11) is 0. The van der Waals surface area contributed by atoms with Crippen LogP contribution in [-0.2, 0) is 23.7 Å². The average Bonchev–Trinajstić information content (AvgIpc) is 3.11. The third-order valence-electron chi connectivity index (χ3n) is 4.19. The summed E-state index contributed by atoms with van der Waals surface area (Å²) in [6.07, 6.45) is 9.43. The molecule has 0 N–H and O–H groups in total. The first-order valence-corrected chi connectivity index (χ1v) is 8.37. The molecule has 126 valence electrons. The molecule has 0 saturated heterocycles. The summed E-state index contributed by atoms with van der Waals surface area (Å²) in [5.41, 5.74) is 0. The minimum absolute atomic E-state index is 0.147. The number of ether oxygens (including phenoxy) is 4. The summed E-state index contributed by atoms with van der Waals surface area (Å²) >= 11 is 0. The lowest BCUT2D eigenvalue weighted by Crippen LogP contribution is -2.44. The van der Waals surface area contributed by atoms with Gasteiger partial charge < -0.3 is 14.2 Å². The third kappa shape index (κ3) is 5.38. The van der Waals surface area contributed by atoms with Gasteiger partial charge in [-0.15, -0.1) is 0 Å². The predicted molar refractivity (Wildman–Crippen MR) is 81.9 cm³/mol. The Balaban J connectivity index is 1.95. The van der Waals surface area contributed by atoms with Crippen molar-refractivity contribution < 1.29 is 23.7 Å². The number of carbonyl (C=O) groups excluding carboxylic acids is 1. The van der Waals surface area contributed by atoms with Crippen molar-refractivity contribution in [2.45, 2.75) is 89.7 Å². The Labute approximate surface area is 132 Å². The normalized spacial score (nSPS) is 21.9. The van der Waals surface area contributed by atoms with Crippen LogP contribution in [0.3, 0.4) is 0 Å². The van der Waals surface area contributed by atoms with Gasteiger partial charge >= 0.3 is 5.97 Å². The molecule has 0 radical (unpaired) electrons. The fourth-order valence-corrected chi connectivity index (χ4v) is 3.24. The summed E-state index contributed by atoms with van der Waals surface area (Å²) in [5.74, 6) is -1.69. The second-order valence-corrected chi connectivity index (χ2v) is 6.24. The second kappa shape index (κ2) is 8.09. The zero-order valence-electron chi connectivity index (χ0n) is 13.7. The van der Waals surface area contributed by atoms with Gasteiger partial charge in [0, 0.05) is 13.0 Å². The van der Waals surface area contributed by atoms with E-state index in [1.807, 2.05) is 0 Å². The first-order chi connectivity index (χ1) is 10.5. The van der Waals surface area contributed by atoms with Crippen LogP contribution in [0.15, 0.2) is 12.7 Å². The van der Waals surface area contributed by atoms with E-state index in [-0.39, 0.29) is 12.2 Å². The molecule has 5 heteroatoms. The molecule has 0 aromatic heterocycles. The van der Waals surface area contributed by atoms with Crippen molar-refractivity contribution in [1.29, 1.82) is 0 Å². The van der Waals surface area contributed by atoms with Crippen LogP contribution in [0, 0.1) is 0 Å². The number of carbonyl (C=O) groups is 1. The molecule has 2 fully saturated rings. The van der Waals surface area contributed by atoms with E-state index in [9.17, 15) is 4.79 Å². The zero-order valence-corrected chi connectivity index (χ0v) is 13.7. The van der Waals surface area contributed by atoms with Gasteiger partial charge in [0.25, 0.3) is 5.97 Å². The Morgan fingerprint density at radius 2 is 1.55 bits per heavy atom. The standard InChI is InChI=1S/C17H28O5/c1-4-16(18)19-13(2)20-17(3,21-14-9-5-6-10-14)22-15-11-7-8-12-15/h4,13-15H,1,5-12H2,2-3H3. The first kappa shape index (κ1) is 17.4. The fourth-order valence-electron chi connectivity index (χ4n) is 3.24. The molecule has 0 heterocycles. The largest absolute Gasteiger partial charge is 0.433 e. The Hall–Kier alpha value is -0.910. The SMILES string of the molecule is C=CC(=O)OC(C)OC(C)(OC1CCCC1)OC1CCCC1. The van der Waals surface area contributed by atoms with Gasteiger partial charge in [-0.3, -0.25) is 4.74 Å². The minimum Gasteiger partial charge on any atom is -0.433 e. The molecular formula is C17H28O5. The lowest BCUT2D eigenvalue weighted by Gasteiger charge is -2.36. The van der Waals surface area contributed by atoms with Crippen molar-refractivity contribution in [3.8, 4) is 0 Å². The van der Waals surface area contributed by atoms with Crippen molar-refractivity contribution in [2.75, 3.05) is 0 Å². The van der Waals surface area contributed by atoms with Crippen LogP contribution in [0.25, 0.3) is 0 Å². The number of esters is 1. The summed E-state index contributed by atoms with van der Waals surface area (Å²) in [5, 5.41) is 0. The van der Waals surface area contributed by atoms with E-state index < -0.39 is 18.2 Å². The van der Waals surface area contributed by atoms with Gasteiger partial charge in [-0.2, -0.15) is 0 Å². The van der Waals surface area contributed by atoms with Crippen LogP contribution >= 0.6 is 0 Å². The van der Waals surface area contributed by atoms with Gasteiger partial charge in [-0.1, -0.05) is 32.3 Å². The molecule has 0 aliphatic heterocycles. The van der Waals surface area contributed by atoms with Gasteiger partial charge in [0.05, 0.1) is 12.2 Å². The van der Waals surface area contributed by atoms with E-state index in [0.29, 0.717) is 0 Å². The Morgan fingerprint density at radius 3 is 1.95 bits per heavy atom. The number of hydrogen-bond donors (Lipinski definition) is 0. The Bertz CT molecular complexity index is 351. The summed E-state index contributed by atoms with van der Waals surface area (Å²) in [6, 6.07) is 0. The quantitative estimate of drug-likeness (QED) is 0.389. The highest BCUT2D eigenvalue weighted by atomic mass is 16.9. The van der Waals surface area contributed by atoms with Gasteiger partial charge in [0.1, 0.15) is 0 Å².